The lowest BCUT2D eigenvalue weighted by Crippen LogP contribution is -3.15. The Kier molecular flexibility index (Phi) is 12.0. The SMILES string of the molecule is CN(C)CC[NH+]1CCN(C2=Nc3ncccc3NC2(c2ccccc2)c2ccc(C3([NH3+])CC3)cc2)CC1.O=C([O-])C(F)(F)F.O=C([O-])C(F)(F)F. The first-order valence-electron chi connectivity index (χ1n) is 16.0. The highest BCUT2D eigenvalue weighted by molar-refractivity contribution is 6.03. The largest absolute Gasteiger partial charge is 0.542 e. The van der Waals surface area contributed by atoms with Gasteiger partial charge in [0.05, 0.1) is 38.4 Å². The van der Waals surface area contributed by atoms with Crippen LogP contribution in [0.4, 0.5) is 37.8 Å². The molecule has 2 aliphatic heterocycles. The van der Waals surface area contributed by atoms with Gasteiger partial charge in [0.25, 0.3) is 0 Å². The highest BCUT2D eigenvalue weighted by atomic mass is 19.4. The minimum atomic E-state index is -5.19. The number of alkyl halides is 6. The van der Waals surface area contributed by atoms with Crippen LogP contribution >= 0.6 is 0 Å². The number of carbonyl (C=O) groups excluding carboxylic acids is 2. The van der Waals surface area contributed by atoms with Gasteiger partial charge in [0.15, 0.2) is 5.82 Å². The molecule has 3 aromatic rings. The van der Waals surface area contributed by atoms with E-state index in [0.29, 0.717) is 0 Å². The molecule has 1 saturated carbocycles. The second-order valence-corrected chi connectivity index (χ2v) is 12.8. The molecular formula is C34H39F6N7O4. The number of carboxylic acid groups (broad SMARTS) is 2. The molecule has 2 aromatic carbocycles. The van der Waals surface area contributed by atoms with Crippen molar-refractivity contribution in [2.45, 2.75) is 36.3 Å². The summed E-state index contributed by atoms with van der Waals surface area (Å²) in [7, 11) is 4.31. The number of quaternary nitrogens is 2. The van der Waals surface area contributed by atoms with E-state index < -0.39 is 29.8 Å². The van der Waals surface area contributed by atoms with E-state index in [1.165, 1.54) is 36.1 Å². The fraction of sp³-hybridized carbons (Fsp3) is 0.412. The molecule has 6 rings (SSSR count). The number of carbonyl (C=O) groups is 2. The van der Waals surface area contributed by atoms with Crippen molar-refractivity contribution in [1.82, 2.24) is 14.8 Å². The van der Waals surface area contributed by atoms with E-state index in [9.17, 15) is 26.3 Å². The second kappa shape index (κ2) is 15.7. The minimum absolute atomic E-state index is 0.0948. The normalized spacial score (nSPS) is 19.6. The first-order valence-corrected chi connectivity index (χ1v) is 16.0. The molecule has 1 atom stereocenters. The number of benzene rings is 2. The number of aliphatic carboxylic acids is 2. The van der Waals surface area contributed by atoms with E-state index in [0.717, 1.165) is 50.1 Å². The average molecular weight is 724 g/mol. The number of aliphatic imine (C=N–C) groups is 1. The molecule has 1 aliphatic carbocycles. The Bertz CT molecular complexity index is 1650. The number of hydrogen-bond donors (Lipinski definition) is 3. The first-order chi connectivity index (χ1) is 23.9. The zero-order chi connectivity index (χ0) is 37.6. The number of carboxylic acids is 2. The summed E-state index contributed by atoms with van der Waals surface area (Å²) < 4.78 is 63.1. The molecule has 276 valence electrons. The number of halogens is 6. The molecule has 0 amide bonds. The topological polar surface area (TPSA) is 156 Å². The van der Waals surface area contributed by atoms with Crippen molar-refractivity contribution in [3.8, 4) is 0 Å². The maximum absolute atomic E-state index is 10.5. The van der Waals surface area contributed by atoms with Crippen LogP contribution in [-0.4, -0.2) is 98.3 Å². The third-order valence-electron chi connectivity index (χ3n) is 8.79. The Labute approximate surface area is 290 Å². The first kappa shape index (κ1) is 39.1. The monoisotopic (exact) mass is 723 g/mol. The number of rotatable bonds is 6. The van der Waals surface area contributed by atoms with Gasteiger partial charge in [0.1, 0.15) is 28.9 Å². The van der Waals surface area contributed by atoms with Crippen molar-refractivity contribution in [1.29, 1.82) is 0 Å². The molecule has 2 fully saturated rings. The third kappa shape index (κ3) is 9.74. The molecule has 1 unspecified atom stereocenters. The molecule has 11 nitrogen and oxygen atoms in total. The molecule has 5 N–H and O–H groups in total. The number of likely N-dealkylation sites (N-methyl/N-ethyl adjacent to an activating group) is 1. The van der Waals surface area contributed by atoms with E-state index in [4.69, 9.17) is 24.8 Å². The summed E-state index contributed by atoms with van der Waals surface area (Å²) in [5.41, 5.74) is 8.63. The summed E-state index contributed by atoms with van der Waals surface area (Å²) in [4.78, 5) is 33.9. The lowest BCUT2D eigenvalue weighted by Gasteiger charge is -2.46. The Hall–Kier alpha value is -4.74. The smallest absolute Gasteiger partial charge is 0.430 e. The zero-order valence-corrected chi connectivity index (χ0v) is 28.0. The highest BCUT2D eigenvalue weighted by Gasteiger charge is 2.48. The van der Waals surface area contributed by atoms with Crippen LogP contribution in [0, 0.1) is 0 Å². The van der Waals surface area contributed by atoms with Crippen molar-refractivity contribution < 1.29 is 56.8 Å². The molecule has 0 bridgehead atoms. The van der Waals surface area contributed by atoms with Gasteiger partial charge in [0.2, 0.25) is 0 Å². The van der Waals surface area contributed by atoms with E-state index >= 15 is 0 Å². The van der Waals surface area contributed by atoms with Gasteiger partial charge >= 0.3 is 12.4 Å². The van der Waals surface area contributed by atoms with Crippen LogP contribution in [0.3, 0.4) is 0 Å². The number of hydrogen-bond acceptors (Lipinski definition) is 9. The molecule has 3 aliphatic rings. The van der Waals surface area contributed by atoms with Crippen molar-refractivity contribution in [3.05, 3.63) is 89.6 Å². The highest BCUT2D eigenvalue weighted by Crippen LogP contribution is 2.45. The van der Waals surface area contributed by atoms with Gasteiger partial charge in [-0.3, -0.25) is 0 Å². The predicted molar refractivity (Wildman–Crippen MR) is 170 cm³/mol. The van der Waals surface area contributed by atoms with E-state index in [1.54, 1.807) is 4.90 Å². The summed E-state index contributed by atoms with van der Waals surface area (Å²) in [6.45, 7) is 6.45. The Balaban J connectivity index is 0.000000353. The standard InChI is InChI=1S/C30H37N7.2C2HF3O2/c1-35(2)17-18-36-19-21-37(22-20-36)28-30(24-7-4-3-5-8-24,34-26-9-6-16-32-27(26)33-28)25-12-10-23(11-13-25)29(31)14-15-29;2*3-2(4,5)1(6)7/h3-13,16,34H,14-15,17-22,31H2,1-2H3;2*(H,6,7). The number of pyridine rings is 1. The lowest BCUT2D eigenvalue weighted by atomic mass is 9.79. The molecular weight excluding hydrogens is 684 g/mol. The van der Waals surface area contributed by atoms with Gasteiger partial charge < -0.3 is 45.6 Å². The van der Waals surface area contributed by atoms with E-state index in [-0.39, 0.29) is 5.54 Å². The second-order valence-electron chi connectivity index (χ2n) is 12.8. The maximum atomic E-state index is 10.5. The summed E-state index contributed by atoms with van der Waals surface area (Å²) in [5.74, 6) is -4.21. The van der Waals surface area contributed by atoms with E-state index in [2.05, 4.69) is 101 Å². The molecule has 0 spiro atoms. The number of anilines is 1. The van der Waals surface area contributed by atoms with Gasteiger partial charge in [-0.05, 0) is 37.4 Å². The molecule has 17 heteroatoms. The summed E-state index contributed by atoms with van der Waals surface area (Å²) in [6, 6.07) is 24.0. The lowest BCUT2D eigenvalue weighted by molar-refractivity contribution is -0.903. The molecule has 51 heavy (non-hydrogen) atoms. The van der Waals surface area contributed by atoms with Crippen molar-refractivity contribution in [2.24, 2.45) is 4.99 Å². The van der Waals surface area contributed by atoms with Crippen LogP contribution in [0.2, 0.25) is 0 Å². The van der Waals surface area contributed by atoms with Crippen molar-refractivity contribution in [2.75, 3.05) is 58.7 Å². The molecule has 3 heterocycles. The summed E-state index contributed by atoms with van der Waals surface area (Å²) in [6.07, 6.45) is -6.22. The van der Waals surface area contributed by atoms with Gasteiger partial charge in [-0.1, -0.05) is 54.6 Å². The van der Waals surface area contributed by atoms with Crippen molar-refractivity contribution in [3.63, 3.8) is 0 Å². The number of piperazine rings is 1. The minimum Gasteiger partial charge on any atom is -0.542 e. The predicted octanol–water partition coefficient (Wildman–Crippen LogP) is 0.0712. The van der Waals surface area contributed by atoms with E-state index in [1.807, 2.05) is 12.3 Å². The van der Waals surface area contributed by atoms with Gasteiger partial charge in [-0.2, -0.15) is 26.3 Å². The number of nitrogens with zero attached hydrogens (tertiary/aromatic N) is 4. The van der Waals surface area contributed by atoms with Gasteiger partial charge in [-0.25, -0.2) is 9.98 Å². The maximum Gasteiger partial charge on any atom is 0.430 e. The summed E-state index contributed by atoms with van der Waals surface area (Å²) >= 11 is 0. The Morgan fingerprint density at radius 3 is 1.86 bits per heavy atom. The summed E-state index contributed by atoms with van der Waals surface area (Å²) in [5, 5.41) is 21.5. The van der Waals surface area contributed by atoms with Crippen molar-refractivity contribution >= 4 is 29.3 Å². The number of amidine groups is 1. The van der Waals surface area contributed by atoms with Gasteiger partial charge in [0, 0.05) is 31.1 Å². The van der Waals surface area contributed by atoms with Crippen LogP contribution in [0.15, 0.2) is 77.9 Å². The third-order valence-corrected chi connectivity index (χ3v) is 8.79. The molecule has 0 radical (unpaired) electrons. The fourth-order valence-corrected chi connectivity index (χ4v) is 5.77. The molecule has 1 aromatic heterocycles. The van der Waals surface area contributed by atoms with Crippen LogP contribution in [0.25, 0.3) is 0 Å². The fourth-order valence-electron chi connectivity index (χ4n) is 5.77. The number of nitrogens with one attached hydrogen (secondary N) is 2. The zero-order valence-electron chi connectivity index (χ0n) is 28.0. The molecule has 1 saturated heterocycles. The number of aromatic nitrogens is 1. The van der Waals surface area contributed by atoms with Crippen LogP contribution in [-0.2, 0) is 20.7 Å². The van der Waals surface area contributed by atoms with Crippen LogP contribution in [0.5, 0.6) is 0 Å². The Morgan fingerprint density at radius 1 is 0.863 bits per heavy atom. The van der Waals surface area contributed by atoms with Gasteiger partial charge in [-0.15, -0.1) is 0 Å². The van der Waals surface area contributed by atoms with Crippen LogP contribution in [0.1, 0.15) is 29.5 Å². The van der Waals surface area contributed by atoms with Crippen LogP contribution < -0.4 is 26.2 Å². The average Bonchev–Trinajstić information content (AvgIpc) is 3.85. The quantitative estimate of drug-likeness (QED) is 0.302. The number of fused-ring (bicyclic) bond motifs is 1. The Morgan fingerprint density at radius 2 is 1.37 bits per heavy atom.